The van der Waals surface area contributed by atoms with Gasteiger partial charge in [-0.25, -0.2) is 4.98 Å². The van der Waals surface area contributed by atoms with Crippen LogP contribution in [-0.4, -0.2) is 65.8 Å². The molecule has 0 saturated carbocycles. The van der Waals surface area contributed by atoms with Crippen molar-refractivity contribution in [2.75, 3.05) is 33.4 Å². The zero-order valence-electron chi connectivity index (χ0n) is 21.0. The summed E-state index contributed by atoms with van der Waals surface area (Å²) in [6, 6.07) is 16.0. The molecule has 1 spiro atoms. The van der Waals surface area contributed by atoms with Gasteiger partial charge in [-0.05, 0) is 36.1 Å². The Bertz CT molecular complexity index is 1230. The van der Waals surface area contributed by atoms with E-state index >= 15 is 0 Å². The molecule has 5 rings (SSSR count). The molecular weight excluding hydrogens is 456 g/mol. The number of imidazole rings is 1. The average Bonchev–Trinajstić information content (AvgIpc) is 3.42. The second-order valence-corrected chi connectivity index (χ2v) is 9.67. The fraction of sp³-hybridized carbons (Fsp3) is 0.464. The summed E-state index contributed by atoms with van der Waals surface area (Å²) in [7, 11) is 1.66. The van der Waals surface area contributed by atoms with Gasteiger partial charge in [0, 0.05) is 32.0 Å². The zero-order valence-corrected chi connectivity index (χ0v) is 21.0. The fourth-order valence-corrected chi connectivity index (χ4v) is 5.89. The summed E-state index contributed by atoms with van der Waals surface area (Å²) in [5.74, 6) is 0.0966. The van der Waals surface area contributed by atoms with Crippen molar-refractivity contribution in [1.82, 2.24) is 19.8 Å². The number of hydrogen-bond donors (Lipinski definition) is 1. The molecule has 8 nitrogen and oxygen atoms in total. The number of aromatic nitrogens is 2. The number of carbonyl (C=O) groups excluding carboxylic acids is 2. The summed E-state index contributed by atoms with van der Waals surface area (Å²) >= 11 is 0. The number of fused-ring (bicyclic) bond motifs is 3. The predicted molar refractivity (Wildman–Crippen MR) is 136 cm³/mol. The van der Waals surface area contributed by atoms with Crippen LogP contribution in [0.25, 0.3) is 11.0 Å². The van der Waals surface area contributed by atoms with Gasteiger partial charge >= 0.3 is 0 Å². The lowest BCUT2D eigenvalue weighted by Gasteiger charge is -2.44. The van der Waals surface area contributed by atoms with Gasteiger partial charge in [0.05, 0.1) is 42.7 Å². The van der Waals surface area contributed by atoms with E-state index in [4.69, 9.17) is 9.47 Å². The first kappa shape index (κ1) is 24.5. The molecule has 8 heteroatoms. The van der Waals surface area contributed by atoms with Crippen molar-refractivity contribution in [3.8, 4) is 0 Å². The molecule has 2 aromatic carbocycles. The van der Waals surface area contributed by atoms with Crippen LogP contribution in [0.5, 0.6) is 0 Å². The molecule has 2 heterocycles. The number of nitrogens with zero attached hydrogens (tertiary/aromatic N) is 3. The van der Waals surface area contributed by atoms with Gasteiger partial charge in [-0.15, -0.1) is 0 Å². The Morgan fingerprint density at radius 3 is 2.61 bits per heavy atom. The number of hydrogen-bond acceptors (Lipinski definition) is 5. The minimum absolute atomic E-state index is 0.00682. The number of nitrogens with one attached hydrogen (secondary N) is 1. The van der Waals surface area contributed by atoms with Crippen LogP contribution >= 0.6 is 0 Å². The first-order valence-electron chi connectivity index (χ1n) is 12.7. The first-order chi connectivity index (χ1) is 17.6. The number of rotatable bonds is 8. The molecule has 1 aliphatic heterocycles. The third-order valence-corrected chi connectivity index (χ3v) is 7.74. The maximum absolute atomic E-state index is 13.3. The molecule has 3 aromatic rings. The summed E-state index contributed by atoms with van der Waals surface area (Å²) in [6.07, 6.45) is 3.49. The summed E-state index contributed by atoms with van der Waals surface area (Å²) in [4.78, 5) is 32.1. The quantitative estimate of drug-likeness (QED) is 0.490. The number of piperidine rings is 1. The number of ether oxygens (including phenoxy) is 2. The average molecular weight is 491 g/mol. The SMILES string of the molecule is CCC(=O)N[C@H]1c2ccccc2C2(CCN(C(=O)Cn3cnc4ccccc43)CC2)[C@@H]1OCCOC. The van der Waals surface area contributed by atoms with E-state index in [1.165, 1.54) is 5.56 Å². The van der Waals surface area contributed by atoms with E-state index < -0.39 is 0 Å². The Morgan fingerprint density at radius 1 is 1.08 bits per heavy atom. The van der Waals surface area contributed by atoms with E-state index in [0.29, 0.717) is 32.7 Å². The molecule has 1 aromatic heterocycles. The number of amides is 2. The van der Waals surface area contributed by atoms with Crippen molar-refractivity contribution < 1.29 is 19.1 Å². The number of para-hydroxylation sites is 2. The molecule has 2 aliphatic rings. The normalized spacial score (nSPS) is 20.6. The molecule has 2 atom stereocenters. The summed E-state index contributed by atoms with van der Waals surface area (Å²) in [6.45, 7) is 4.34. The number of benzene rings is 2. The Balaban J connectivity index is 1.36. The second-order valence-electron chi connectivity index (χ2n) is 9.67. The van der Waals surface area contributed by atoms with Gasteiger partial charge in [0.2, 0.25) is 11.8 Å². The first-order valence-corrected chi connectivity index (χ1v) is 12.7. The van der Waals surface area contributed by atoms with Crippen LogP contribution in [0.3, 0.4) is 0 Å². The molecule has 0 bridgehead atoms. The zero-order chi connectivity index (χ0) is 25.1. The summed E-state index contributed by atoms with van der Waals surface area (Å²) < 4.78 is 13.6. The summed E-state index contributed by atoms with van der Waals surface area (Å²) in [5, 5.41) is 3.22. The molecule has 1 aliphatic carbocycles. The number of likely N-dealkylation sites (tertiary alicyclic amines) is 1. The van der Waals surface area contributed by atoms with E-state index in [1.807, 2.05) is 46.7 Å². The Labute approximate surface area is 211 Å². The maximum atomic E-state index is 13.3. The van der Waals surface area contributed by atoms with Crippen molar-refractivity contribution in [2.24, 2.45) is 0 Å². The number of methoxy groups -OCH3 is 1. The van der Waals surface area contributed by atoms with E-state index in [1.54, 1.807) is 13.4 Å². The van der Waals surface area contributed by atoms with Crippen molar-refractivity contribution in [1.29, 1.82) is 0 Å². The second kappa shape index (κ2) is 10.4. The minimum atomic E-state index is -0.269. The Morgan fingerprint density at radius 2 is 1.83 bits per heavy atom. The largest absolute Gasteiger partial charge is 0.382 e. The highest BCUT2D eigenvalue weighted by Crippen LogP contribution is 2.52. The molecule has 36 heavy (non-hydrogen) atoms. The van der Waals surface area contributed by atoms with Crippen LogP contribution < -0.4 is 5.32 Å². The standard InChI is InChI=1S/C28H34N4O4/c1-3-24(33)30-26-20-8-4-5-9-21(20)28(27(26)36-17-16-35-2)12-14-31(15-13-28)25(34)18-32-19-29-22-10-6-7-11-23(22)32/h4-11,19,26-27H,3,12-18H2,1-2H3,(H,30,33)/t26-,27+/m0/s1. The van der Waals surface area contributed by atoms with E-state index in [-0.39, 0.29) is 35.9 Å². The van der Waals surface area contributed by atoms with Crippen LogP contribution in [0.4, 0.5) is 0 Å². The van der Waals surface area contributed by atoms with Gasteiger partial charge < -0.3 is 24.3 Å². The third kappa shape index (κ3) is 4.40. The van der Waals surface area contributed by atoms with E-state index in [0.717, 1.165) is 29.4 Å². The highest BCUT2D eigenvalue weighted by atomic mass is 16.5. The highest BCUT2D eigenvalue weighted by molar-refractivity contribution is 5.81. The lowest BCUT2D eigenvalue weighted by Crippen LogP contribution is -2.52. The Hall–Kier alpha value is -3.23. The van der Waals surface area contributed by atoms with E-state index in [9.17, 15) is 9.59 Å². The maximum Gasteiger partial charge on any atom is 0.242 e. The molecule has 1 N–H and O–H groups in total. The van der Waals surface area contributed by atoms with Gasteiger partial charge in [-0.1, -0.05) is 43.3 Å². The molecule has 0 unspecified atom stereocenters. The van der Waals surface area contributed by atoms with Crippen LogP contribution in [-0.2, 0) is 31.0 Å². The van der Waals surface area contributed by atoms with Crippen LogP contribution in [0.2, 0.25) is 0 Å². The smallest absolute Gasteiger partial charge is 0.242 e. The molecule has 1 saturated heterocycles. The molecule has 0 radical (unpaired) electrons. The van der Waals surface area contributed by atoms with E-state index in [2.05, 4.69) is 28.5 Å². The molecule has 190 valence electrons. The number of carbonyl (C=O) groups is 2. The topological polar surface area (TPSA) is 85.7 Å². The van der Waals surface area contributed by atoms with Crippen LogP contribution in [0, 0.1) is 0 Å². The fourth-order valence-electron chi connectivity index (χ4n) is 5.89. The van der Waals surface area contributed by atoms with Gasteiger partial charge in [0.25, 0.3) is 0 Å². The highest BCUT2D eigenvalue weighted by Gasteiger charge is 2.54. The lowest BCUT2D eigenvalue weighted by atomic mass is 9.71. The third-order valence-electron chi connectivity index (χ3n) is 7.74. The van der Waals surface area contributed by atoms with Gasteiger partial charge in [-0.2, -0.15) is 0 Å². The Kier molecular flexibility index (Phi) is 7.07. The van der Waals surface area contributed by atoms with Crippen molar-refractivity contribution >= 4 is 22.8 Å². The molecular formula is C28H34N4O4. The van der Waals surface area contributed by atoms with Gasteiger partial charge in [0.1, 0.15) is 6.54 Å². The van der Waals surface area contributed by atoms with Gasteiger partial charge in [-0.3, -0.25) is 9.59 Å². The predicted octanol–water partition coefficient (Wildman–Crippen LogP) is 3.21. The monoisotopic (exact) mass is 490 g/mol. The molecule has 2 amide bonds. The lowest BCUT2D eigenvalue weighted by molar-refractivity contribution is -0.135. The van der Waals surface area contributed by atoms with Gasteiger partial charge in [0.15, 0.2) is 0 Å². The minimum Gasteiger partial charge on any atom is -0.382 e. The van der Waals surface area contributed by atoms with Crippen molar-refractivity contribution in [2.45, 2.75) is 50.3 Å². The van der Waals surface area contributed by atoms with Crippen LogP contribution in [0.15, 0.2) is 54.9 Å². The van der Waals surface area contributed by atoms with Crippen LogP contribution in [0.1, 0.15) is 43.4 Å². The summed E-state index contributed by atoms with van der Waals surface area (Å²) in [5.41, 5.74) is 3.92. The molecule has 1 fully saturated rings. The van der Waals surface area contributed by atoms with Crippen molar-refractivity contribution in [3.63, 3.8) is 0 Å². The van der Waals surface area contributed by atoms with Crippen molar-refractivity contribution in [3.05, 3.63) is 66.0 Å².